The number of anilines is 2. The number of imide groups is 1. The number of aromatic hydroxyl groups is 1. The van der Waals surface area contributed by atoms with E-state index in [2.05, 4.69) is 16.8 Å². The summed E-state index contributed by atoms with van der Waals surface area (Å²) < 4.78 is 10.6. The number of rotatable bonds is 8. The predicted molar refractivity (Wildman–Crippen MR) is 139 cm³/mol. The summed E-state index contributed by atoms with van der Waals surface area (Å²) in [5, 5.41) is 12.5. The van der Waals surface area contributed by atoms with Gasteiger partial charge in [-0.3, -0.25) is 19.3 Å². The SMILES string of the molecule is C=CCc1cc(/C=C2\SC(=O)N(CC(=O)Nc3ccc(N4CCOCC4)cc3)C2=O)cc(OC)c1O. The average molecular weight is 510 g/mol. The minimum absolute atomic E-state index is 0.00250. The van der Waals surface area contributed by atoms with Gasteiger partial charge in [0.25, 0.3) is 11.1 Å². The quantitative estimate of drug-likeness (QED) is 0.410. The maximum Gasteiger partial charge on any atom is 0.294 e. The van der Waals surface area contributed by atoms with Gasteiger partial charge in [-0.1, -0.05) is 6.08 Å². The average Bonchev–Trinajstić information content (AvgIpc) is 3.14. The third-order valence-corrected chi connectivity index (χ3v) is 6.67. The van der Waals surface area contributed by atoms with Gasteiger partial charge in [-0.2, -0.15) is 0 Å². The molecule has 0 radical (unpaired) electrons. The number of ether oxygens (including phenoxy) is 2. The molecule has 2 aromatic rings. The van der Waals surface area contributed by atoms with Crippen LogP contribution in [0.15, 0.2) is 54.0 Å². The first-order chi connectivity index (χ1) is 17.4. The molecule has 188 valence electrons. The topological polar surface area (TPSA) is 108 Å². The smallest absolute Gasteiger partial charge is 0.294 e. The molecule has 3 amide bonds. The molecule has 10 heteroatoms. The Hall–Kier alpha value is -3.76. The van der Waals surface area contributed by atoms with Gasteiger partial charge in [0.1, 0.15) is 6.54 Å². The number of methoxy groups -OCH3 is 1. The van der Waals surface area contributed by atoms with Crippen molar-refractivity contribution in [3.8, 4) is 11.5 Å². The first kappa shape index (κ1) is 25.3. The number of phenolic OH excluding ortho intramolecular Hbond substituents is 1. The summed E-state index contributed by atoms with van der Waals surface area (Å²) in [4.78, 5) is 41.3. The number of carbonyl (C=O) groups is 3. The van der Waals surface area contributed by atoms with E-state index in [1.165, 1.54) is 7.11 Å². The van der Waals surface area contributed by atoms with Gasteiger partial charge >= 0.3 is 0 Å². The van der Waals surface area contributed by atoms with Gasteiger partial charge in [0.2, 0.25) is 5.91 Å². The Morgan fingerprint density at radius 2 is 1.94 bits per heavy atom. The monoisotopic (exact) mass is 509 g/mol. The number of morpholine rings is 1. The molecule has 0 spiro atoms. The van der Waals surface area contributed by atoms with Crippen LogP contribution in [0.5, 0.6) is 11.5 Å². The molecule has 36 heavy (non-hydrogen) atoms. The number of phenols is 1. The summed E-state index contributed by atoms with van der Waals surface area (Å²) in [6.45, 7) is 6.27. The van der Waals surface area contributed by atoms with Gasteiger partial charge in [-0.25, -0.2) is 0 Å². The molecular weight excluding hydrogens is 482 g/mol. The van der Waals surface area contributed by atoms with E-state index in [0.29, 0.717) is 36.4 Å². The molecular formula is C26H27N3O6S. The van der Waals surface area contributed by atoms with Crippen molar-refractivity contribution in [3.05, 3.63) is 65.1 Å². The van der Waals surface area contributed by atoms with Crippen LogP contribution in [-0.2, 0) is 20.7 Å². The van der Waals surface area contributed by atoms with Crippen LogP contribution in [0, 0.1) is 0 Å². The number of nitrogens with zero attached hydrogens (tertiary/aromatic N) is 2. The van der Waals surface area contributed by atoms with Crippen LogP contribution in [0.1, 0.15) is 11.1 Å². The van der Waals surface area contributed by atoms with E-state index in [9.17, 15) is 19.5 Å². The summed E-state index contributed by atoms with van der Waals surface area (Å²) in [6, 6.07) is 10.7. The van der Waals surface area contributed by atoms with Crippen LogP contribution in [0.3, 0.4) is 0 Å². The Kier molecular flexibility index (Phi) is 7.97. The summed E-state index contributed by atoms with van der Waals surface area (Å²) in [7, 11) is 1.43. The maximum absolute atomic E-state index is 12.9. The molecule has 4 rings (SSSR count). The molecule has 2 heterocycles. The highest BCUT2D eigenvalue weighted by Crippen LogP contribution is 2.36. The molecule has 2 fully saturated rings. The molecule has 2 aliphatic heterocycles. The highest BCUT2D eigenvalue weighted by atomic mass is 32.2. The van der Waals surface area contributed by atoms with Crippen LogP contribution >= 0.6 is 11.8 Å². The van der Waals surface area contributed by atoms with E-state index in [1.807, 2.05) is 12.1 Å². The number of nitrogens with one attached hydrogen (secondary N) is 1. The Labute approximate surface area is 213 Å². The zero-order chi connectivity index (χ0) is 25.7. The van der Waals surface area contributed by atoms with Gasteiger partial charge in [0.05, 0.1) is 25.2 Å². The minimum Gasteiger partial charge on any atom is -0.504 e. The lowest BCUT2D eigenvalue weighted by Gasteiger charge is -2.28. The molecule has 0 atom stereocenters. The lowest BCUT2D eigenvalue weighted by atomic mass is 10.1. The number of thioether (sulfide) groups is 1. The van der Waals surface area contributed by atoms with Crippen molar-refractivity contribution >= 4 is 46.3 Å². The molecule has 0 saturated carbocycles. The summed E-state index contributed by atoms with van der Waals surface area (Å²) >= 11 is 0.759. The number of benzene rings is 2. The van der Waals surface area contributed by atoms with Crippen LogP contribution in [-0.4, -0.2) is 67.0 Å². The number of hydrogen-bond donors (Lipinski definition) is 2. The Bertz CT molecular complexity index is 1200. The van der Waals surface area contributed by atoms with Gasteiger partial charge in [0, 0.05) is 30.0 Å². The molecule has 0 aromatic heterocycles. The van der Waals surface area contributed by atoms with Crippen molar-refractivity contribution in [1.82, 2.24) is 4.90 Å². The Morgan fingerprint density at radius 3 is 2.61 bits per heavy atom. The molecule has 2 N–H and O–H groups in total. The Morgan fingerprint density at radius 1 is 1.22 bits per heavy atom. The van der Waals surface area contributed by atoms with Crippen molar-refractivity contribution in [3.63, 3.8) is 0 Å². The number of carbonyl (C=O) groups excluding carboxylic acids is 3. The number of hydrogen-bond acceptors (Lipinski definition) is 8. The summed E-state index contributed by atoms with van der Waals surface area (Å²) in [6.07, 6.45) is 3.58. The standard InChI is InChI=1S/C26H27N3O6S/c1-3-4-18-13-17(14-21(34-2)24(18)31)15-22-25(32)29(26(33)36-22)16-23(30)27-19-5-7-20(8-6-19)28-9-11-35-12-10-28/h3,5-8,13-15,31H,1,4,9-12,16H2,2H3,(H,27,30)/b22-15-. The Balaban J connectivity index is 1.42. The fourth-order valence-electron chi connectivity index (χ4n) is 3.95. The third kappa shape index (κ3) is 5.72. The first-order valence-electron chi connectivity index (χ1n) is 11.4. The number of amides is 3. The molecule has 0 aliphatic carbocycles. The maximum atomic E-state index is 12.9. The highest BCUT2D eigenvalue weighted by Gasteiger charge is 2.36. The van der Waals surface area contributed by atoms with E-state index in [-0.39, 0.29) is 16.4 Å². The van der Waals surface area contributed by atoms with Gasteiger partial charge in [0.15, 0.2) is 11.5 Å². The molecule has 0 unspecified atom stereocenters. The largest absolute Gasteiger partial charge is 0.504 e. The fraction of sp³-hybridized carbons (Fsp3) is 0.269. The zero-order valence-electron chi connectivity index (χ0n) is 19.9. The molecule has 2 aromatic carbocycles. The first-order valence-corrected chi connectivity index (χ1v) is 12.2. The van der Waals surface area contributed by atoms with E-state index < -0.39 is 23.6 Å². The third-order valence-electron chi connectivity index (χ3n) is 5.76. The summed E-state index contributed by atoms with van der Waals surface area (Å²) in [5.74, 6) is -0.784. The van der Waals surface area contributed by atoms with E-state index in [1.54, 1.807) is 36.4 Å². The van der Waals surface area contributed by atoms with Crippen molar-refractivity contribution in [2.45, 2.75) is 6.42 Å². The number of allylic oxidation sites excluding steroid dienone is 1. The van der Waals surface area contributed by atoms with Crippen LogP contribution < -0.4 is 15.0 Å². The van der Waals surface area contributed by atoms with E-state index in [0.717, 1.165) is 35.4 Å². The van der Waals surface area contributed by atoms with Gasteiger partial charge in [-0.05, 0) is 66.2 Å². The van der Waals surface area contributed by atoms with Gasteiger partial charge in [-0.15, -0.1) is 6.58 Å². The fourth-order valence-corrected chi connectivity index (χ4v) is 4.79. The molecule has 9 nitrogen and oxygen atoms in total. The summed E-state index contributed by atoms with van der Waals surface area (Å²) in [5.41, 5.74) is 2.77. The minimum atomic E-state index is -0.555. The molecule has 0 bridgehead atoms. The second kappa shape index (κ2) is 11.3. The van der Waals surface area contributed by atoms with Crippen molar-refractivity contribution < 1.29 is 29.0 Å². The molecule has 2 aliphatic rings. The van der Waals surface area contributed by atoms with Crippen molar-refractivity contribution in [2.75, 3.05) is 50.2 Å². The van der Waals surface area contributed by atoms with E-state index >= 15 is 0 Å². The normalized spacial score (nSPS) is 17.0. The van der Waals surface area contributed by atoms with Crippen LogP contribution in [0.4, 0.5) is 16.2 Å². The van der Waals surface area contributed by atoms with E-state index in [4.69, 9.17) is 9.47 Å². The van der Waals surface area contributed by atoms with Crippen LogP contribution in [0.25, 0.3) is 6.08 Å². The van der Waals surface area contributed by atoms with Crippen molar-refractivity contribution in [2.24, 2.45) is 0 Å². The van der Waals surface area contributed by atoms with Crippen molar-refractivity contribution in [1.29, 1.82) is 0 Å². The zero-order valence-corrected chi connectivity index (χ0v) is 20.7. The lowest BCUT2D eigenvalue weighted by molar-refractivity contribution is -0.127. The second-order valence-corrected chi connectivity index (χ2v) is 9.18. The lowest BCUT2D eigenvalue weighted by Crippen LogP contribution is -2.36. The van der Waals surface area contributed by atoms with Crippen LogP contribution in [0.2, 0.25) is 0 Å². The van der Waals surface area contributed by atoms with Gasteiger partial charge < -0.3 is 24.8 Å². The second-order valence-electron chi connectivity index (χ2n) is 8.19. The highest BCUT2D eigenvalue weighted by molar-refractivity contribution is 8.18. The predicted octanol–water partition coefficient (Wildman–Crippen LogP) is 3.64. The molecule has 2 saturated heterocycles.